The maximum atomic E-state index is 13.2. The van der Waals surface area contributed by atoms with Crippen LogP contribution in [0.25, 0.3) is 10.9 Å². The molecule has 0 bridgehead atoms. The fraction of sp³-hybridized carbons (Fsp3) is 0.333. The lowest BCUT2D eigenvalue weighted by Crippen LogP contribution is -2.07. The summed E-state index contributed by atoms with van der Waals surface area (Å²) in [5, 5.41) is 10.7. The molecule has 0 aliphatic rings. The molecular formula is C12H15FN2O. The lowest BCUT2D eigenvalue weighted by atomic mass is 10.0. The van der Waals surface area contributed by atoms with Crippen molar-refractivity contribution in [2.45, 2.75) is 19.4 Å². The second kappa shape index (κ2) is 4.23. The number of hydrogen-bond acceptors (Lipinski definition) is 2. The molecule has 0 saturated carbocycles. The third-order valence-electron chi connectivity index (χ3n) is 2.77. The molecule has 0 aliphatic heterocycles. The molecular weight excluding hydrogens is 207 g/mol. The predicted molar refractivity (Wildman–Crippen MR) is 61.6 cm³/mol. The first-order valence-electron chi connectivity index (χ1n) is 5.29. The van der Waals surface area contributed by atoms with Gasteiger partial charge in [-0.1, -0.05) is 0 Å². The number of halogens is 1. The van der Waals surface area contributed by atoms with Crippen LogP contribution in [-0.4, -0.2) is 16.6 Å². The van der Waals surface area contributed by atoms with E-state index in [0.29, 0.717) is 13.0 Å². The minimum Gasteiger partial charge on any atom is -0.388 e. The molecule has 1 heterocycles. The highest BCUT2D eigenvalue weighted by Crippen LogP contribution is 2.29. The Hall–Kier alpha value is -1.39. The summed E-state index contributed by atoms with van der Waals surface area (Å²) in [7, 11) is 0. The van der Waals surface area contributed by atoms with E-state index in [-0.39, 0.29) is 5.82 Å². The van der Waals surface area contributed by atoms with Gasteiger partial charge in [-0.2, -0.15) is 0 Å². The van der Waals surface area contributed by atoms with Crippen molar-refractivity contribution in [1.82, 2.24) is 4.98 Å². The molecule has 0 saturated heterocycles. The molecule has 4 N–H and O–H groups in total. The minimum absolute atomic E-state index is 0.298. The largest absolute Gasteiger partial charge is 0.388 e. The quantitative estimate of drug-likeness (QED) is 0.743. The molecule has 86 valence electrons. The number of aryl methyl sites for hydroxylation is 1. The second-order valence-electron chi connectivity index (χ2n) is 3.95. The van der Waals surface area contributed by atoms with Crippen LogP contribution in [0, 0.1) is 12.7 Å². The van der Waals surface area contributed by atoms with E-state index in [1.54, 1.807) is 6.07 Å². The summed E-state index contributed by atoms with van der Waals surface area (Å²) in [6.07, 6.45) is -0.162. The van der Waals surface area contributed by atoms with E-state index < -0.39 is 6.10 Å². The second-order valence-corrected chi connectivity index (χ2v) is 3.95. The van der Waals surface area contributed by atoms with Crippen LogP contribution in [0.15, 0.2) is 18.2 Å². The molecule has 1 unspecified atom stereocenters. The number of nitrogens with one attached hydrogen (secondary N) is 1. The van der Waals surface area contributed by atoms with Gasteiger partial charge in [-0.05, 0) is 38.1 Å². The van der Waals surface area contributed by atoms with Gasteiger partial charge >= 0.3 is 0 Å². The van der Waals surface area contributed by atoms with Crippen molar-refractivity contribution in [3.8, 4) is 0 Å². The van der Waals surface area contributed by atoms with Gasteiger partial charge in [0, 0.05) is 22.2 Å². The van der Waals surface area contributed by atoms with E-state index >= 15 is 0 Å². The van der Waals surface area contributed by atoms with Crippen LogP contribution in [0.4, 0.5) is 4.39 Å². The van der Waals surface area contributed by atoms with Crippen LogP contribution in [-0.2, 0) is 0 Å². The zero-order chi connectivity index (χ0) is 11.7. The van der Waals surface area contributed by atoms with E-state index in [0.717, 1.165) is 22.2 Å². The zero-order valence-electron chi connectivity index (χ0n) is 9.13. The fourth-order valence-electron chi connectivity index (χ4n) is 2.05. The maximum Gasteiger partial charge on any atom is 0.123 e. The summed E-state index contributed by atoms with van der Waals surface area (Å²) < 4.78 is 13.2. The number of rotatable bonds is 3. The molecule has 2 rings (SSSR count). The van der Waals surface area contributed by atoms with Crippen molar-refractivity contribution < 1.29 is 9.50 Å². The topological polar surface area (TPSA) is 62.0 Å². The number of aliphatic hydroxyl groups excluding tert-OH is 1. The van der Waals surface area contributed by atoms with Crippen LogP contribution in [0.3, 0.4) is 0 Å². The Labute approximate surface area is 93.1 Å². The van der Waals surface area contributed by atoms with Gasteiger partial charge in [-0.3, -0.25) is 0 Å². The van der Waals surface area contributed by atoms with Crippen molar-refractivity contribution in [3.63, 3.8) is 0 Å². The number of hydrogen-bond donors (Lipinski definition) is 3. The predicted octanol–water partition coefficient (Wildman–Crippen LogP) is 2.00. The van der Waals surface area contributed by atoms with Crippen molar-refractivity contribution in [2.75, 3.05) is 6.54 Å². The van der Waals surface area contributed by atoms with Crippen molar-refractivity contribution in [3.05, 3.63) is 35.3 Å². The van der Waals surface area contributed by atoms with Gasteiger partial charge in [-0.15, -0.1) is 0 Å². The first-order chi connectivity index (χ1) is 7.63. The lowest BCUT2D eigenvalue weighted by molar-refractivity contribution is 0.171. The Morgan fingerprint density at radius 3 is 2.94 bits per heavy atom. The van der Waals surface area contributed by atoms with E-state index in [1.807, 2.05) is 6.92 Å². The van der Waals surface area contributed by atoms with Crippen LogP contribution in [0.2, 0.25) is 0 Å². The summed E-state index contributed by atoms with van der Waals surface area (Å²) in [5.41, 5.74) is 7.87. The summed E-state index contributed by atoms with van der Waals surface area (Å²) in [6, 6.07) is 4.52. The van der Waals surface area contributed by atoms with E-state index in [4.69, 9.17) is 5.73 Å². The van der Waals surface area contributed by atoms with Gasteiger partial charge in [0.25, 0.3) is 0 Å². The number of nitrogens with two attached hydrogens (primary N) is 1. The molecule has 4 heteroatoms. The third kappa shape index (κ3) is 1.81. The average Bonchev–Trinajstić information content (AvgIpc) is 2.53. The van der Waals surface area contributed by atoms with Crippen LogP contribution in [0.5, 0.6) is 0 Å². The first-order valence-corrected chi connectivity index (χ1v) is 5.29. The average molecular weight is 222 g/mol. The van der Waals surface area contributed by atoms with Gasteiger partial charge in [0.2, 0.25) is 0 Å². The first kappa shape index (κ1) is 11.1. The number of aliphatic hydroxyl groups is 1. The van der Waals surface area contributed by atoms with Crippen molar-refractivity contribution in [1.29, 1.82) is 0 Å². The highest BCUT2D eigenvalue weighted by Gasteiger charge is 2.16. The molecule has 0 radical (unpaired) electrons. The Bertz CT molecular complexity index is 507. The van der Waals surface area contributed by atoms with Crippen molar-refractivity contribution >= 4 is 10.9 Å². The van der Waals surface area contributed by atoms with Crippen LogP contribution >= 0.6 is 0 Å². The molecule has 1 aromatic carbocycles. The number of fused-ring (bicyclic) bond motifs is 1. The molecule has 0 fully saturated rings. The number of H-pyrrole nitrogens is 1. The van der Waals surface area contributed by atoms with Crippen LogP contribution < -0.4 is 5.73 Å². The SMILES string of the molecule is Cc1[nH]c2ccc(F)cc2c1C(O)CCN. The Morgan fingerprint density at radius 1 is 1.50 bits per heavy atom. The van der Waals surface area contributed by atoms with Crippen molar-refractivity contribution in [2.24, 2.45) is 5.73 Å². The molecule has 0 spiro atoms. The zero-order valence-corrected chi connectivity index (χ0v) is 9.13. The minimum atomic E-state index is -0.638. The molecule has 0 aliphatic carbocycles. The normalized spacial score (nSPS) is 13.2. The highest BCUT2D eigenvalue weighted by atomic mass is 19.1. The Balaban J connectivity index is 2.58. The summed E-state index contributed by atoms with van der Waals surface area (Å²) >= 11 is 0. The third-order valence-corrected chi connectivity index (χ3v) is 2.77. The highest BCUT2D eigenvalue weighted by molar-refractivity contribution is 5.85. The lowest BCUT2D eigenvalue weighted by Gasteiger charge is -2.09. The van der Waals surface area contributed by atoms with Gasteiger partial charge < -0.3 is 15.8 Å². The molecule has 16 heavy (non-hydrogen) atoms. The Kier molecular flexibility index (Phi) is 2.94. The maximum absolute atomic E-state index is 13.2. The van der Waals surface area contributed by atoms with E-state index in [9.17, 15) is 9.50 Å². The smallest absolute Gasteiger partial charge is 0.123 e. The number of benzene rings is 1. The van der Waals surface area contributed by atoms with Crippen LogP contribution in [0.1, 0.15) is 23.8 Å². The molecule has 2 aromatic rings. The molecule has 3 nitrogen and oxygen atoms in total. The molecule has 1 aromatic heterocycles. The van der Waals surface area contributed by atoms with Gasteiger partial charge in [0.05, 0.1) is 6.10 Å². The van der Waals surface area contributed by atoms with E-state index in [2.05, 4.69) is 4.98 Å². The Morgan fingerprint density at radius 2 is 2.25 bits per heavy atom. The monoisotopic (exact) mass is 222 g/mol. The van der Waals surface area contributed by atoms with Gasteiger partial charge in [0.15, 0.2) is 0 Å². The molecule has 0 amide bonds. The number of aromatic nitrogens is 1. The summed E-state index contributed by atoms with van der Waals surface area (Å²) in [4.78, 5) is 3.13. The van der Waals surface area contributed by atoms with Gasteiger partial charge in [-0.25, -0.2) is 4.39 Å². The summed E-state index contributed by atoms with van der Waals surface area (Å²) in [5.74, 6) is -0.298. The van der Waals surface area contributed by atoms with E-state index in [1.165, 1.54) is 12.1 Å². The molecule has 1 atom stereocenters. The van der Waals surface area contributed by atoms with Gasteiger partial charge in [0.1, 0.15) is 5.82 Å². The number of aromatic amines is 1. The summed E-state index contributed by atoms with van der Waals surface area (Å²) in [6.45, 7) is 2.27. The fourth-order valence-corrected chi connectivity index (χ4v) is 2.05. The standard InChI is InChI=1S/C12H15FN2O/c1-7-12(11(16)4-5-14)9-6-8(13)2-3-10(9)15-7/h2-3,6,11,15-16H,4-5,14H2,1H3.